The van der Waals surface area contributed by atoms with Gasteiger partial charge in [0.05, 0.1) is 6.04 Å². The molecule has 2 aromatic carbocycles. The molecular formula is C19H22ClFN2O. The fourth-order valence-corrected chi connectivity index (χ4v) is 2.60. The summed E-state index contributed by atoms with van der Waals surface area (Å²) in [5.41, 5.74) is 3.27. The van der Waals surface area contributed by atoms with Crippen molar-refractivity contribution in [2.75, 3.05) is 12.4 Å². The van der Waals surface area contributed by atoms with Gasteiger partial charge < -0.3 is 5.32 Å². The molecule has 2 rings (SSSR count). The van der Waals surface area contributed by atoms with Crippen LogP contribution in [0.4, 0.5) is 10.1 Å². The monoisotopic (exact) mass is 348 g/mol. The number of amides is 1. The number of rotatable bonds is 5. The molecule has 1 amide bonds. The predicted molar refractivity (Wildman–Crippen MR) is 96.9 cm³/mol. The molecule has 0 aliphatic heterocycles. The molecule has 1 atom stereocenters. The first-order valence-electron chi connectivity index (χ1n) is 7.81. The number of halogens is 2. The topological polar surface area (TPSA) is 32.3 Å². The van der Waals surface area contributed by atoms with E-state index in [-0.39, 0.29) is 18.3 Å². The molecule has 0 saturated carbocycles. The van der Waals surface area contributed by atoms with Crippen molar-refractivity contribution in [1.82, 2.24) is 4.90 Å². The number of hydrogen-bond donors (Lipinski definition) is 1. The van der Waals surface area contributed by atoms with E-state index in [2.05, 4.69) is 5.32 Å². The maximum atomic E-state index is 13.9. The van der Waals surface area contributed by atoms with E-state index in [9.17, 15) is 9.18 Å². The van der Waals surface area contributed by atoms with Crippen LogP contribution in [0.15, 0.2) is 36.4 Å². The molecule has 1 unspecified atom stereocenters. The summed E-state index contributed by atoms with van der Waals surface area (Å²) >= 11 is 6.06. The summed E-state index contributed by atoms with van der Waals surface area (Å²) in [6, 6.07) is 10.1. The molecule has 3 nitrogen and oxygen atoms in total. The molecule has 0 aliphatic rings. The minimum atomic E-state index is -0.430. The van der Waals surface area contributed by atoms with Crippen LogP contribution in [-0.4, -0.2) is 23.9 Å². The Labute approximate surface area is 147 Å². The number of anilines is 1. The van der Waals surface area contributed by atoms with Gasteiger partial charge in [0.25, 0.3) is 0 Å². The zero-order valence-electron chi connectivity index (χ0n) is 14.4. The number of nitrogens with one attached hydrogen (secondary N) is 1. The highest BCUT2D eigenvalue weighted by molar-refractivity contribution is 6.31. The largest absolute Gasteiger partial charge is 0.324 e. The van der Waals surface area contributed by atoms with Gasteiger partial charge in [-0.2, -0.15) is 0 Å². The van der Waals surface area contributed by atoms with E-state index in [0.717, 1.165) is 16.8 Å². The molecule has 5 heteroatoms. The first-order chi connectivity index (χ1) is 11.3. The molecule has 0 radical (unpaired) electrons. The molecule has 0 aliphatic carbocycles. The lowest BCUT2D eigenvalue weighted by Crippen LogP contribution is -2.39. The standard InChI is InChI=1S/C19H22ClFN2O/c1-12-8-9-13(2)18(10-12)22-19(24)14(3)23(4)11-15-16(20)6-5-7-17(15)21/h5-10,14H,11H2,1-4H3,(H,22,24). The summed E-state index contributed by atoms with van der Waals surface area (Å²) in [6.07, 6.45) is 0. The van der Waals surface area contributed by atoms with Crippen molar-refractivity contribution in [2.24, 2.45) is 0 Å². The molecule has 0 heterocycles. The molecule has 0 spiro atoms. The molecule has 0 saturated heterocycles. The number of carbonyl (C=O) groups is 1. The minimum Gasteiger partial charge on any atom is -0.324 e. The average Bonchev–Trinajstić information content (AvgIpc) is 2.53. The van der Waals surface area contributed by atoms with Gasteiger partial charge >= 0.3 is 0 Å². The van der Waals surface area contributed by atoms with E-state index in [1.54, 1.807) is 31.0 Å². The van der Waals surface area contributed by atoms with Crippen LogP contribution in [0, 0.1) is 19.7 Å². The third-order valence-corrected chi connectivity index (χ3v) is 4.51. The Kier molecular flexibility index (Phi) is 5.97. The van der Waals surface area contributed by atoms with Gasteiger partial charge in [0, 0.05) is 22.8 Å². The summed E-state index contributed by atoms with van der Waals surface area (Å²) in [7, 11) is 1.77. The second kappa shape index (κ2) is 7.77. The predicted octanol–water partition coefficient (Wildman–Crippen LogP) is 4.55. The van der Waals surface area contributed by atoms with Crippen LogP contribution in [-0.2, 0) is 11.3 Å². The smallest absolute Gasteiger partial charge is 0.241 e. The maximum absolute atomic E-state index is 13.9. The zero-order chi connectivity index (χ0) is 17.9. The van der Waals surface area contributed by atoms with Gasteiger partial charge in [-0.05, 0) is 57.1 Å². The Morgan fingerprint density at radius 3 is 2.67 bits per heavy atom. The maximum Gasteiger partial charge on any atom is 0.241 e. The van der Waals surface area contributed by atoms with Crippen molar-refractivity contribution in [3.05, 3.63) is 63.9 Å². The quantitative estimate of drug-likeness (QED) is 0.859. The molecule has 0 bridgehead atoms. The summed E-state index contributed by atoms with van der Waals surface area (Å²) < 4.78 is 13.9. The summed E-state index contributed by atoms with van der Waals surface area (Å²) in [4.78, 5) is 14.3. The molecule has 128 valence electrons. The van der Waals surface area contributed by atoms with E-state index in [4.69, 9.17) is 11.6 Å². The second-order valence-corrected chi connectivity index (χ2v) is 6.51. The Morgan fingerprint density at radius 2 is 2.00 bits per heavy atom. The fourth-order valence-electron chi connectivity index (χ4n) is 2.38. The van der Waals surface area contributed by atoms with Gasteiger partial charge in [0.15, 0.2) is 0 Å². The lowest BCUT2D eigenvalue weighted by atomic mass is 10.1. The van der Waals surface area contributed by atoms with Crippen molar-refractivity contribution >= 4 is 23.2 Å². The van der Waals surface area contributed by atoms with E-state index >= 15 is 0 Å². The number of likely N-dealkylation sites (N-methyl/N-ethyl adjacent to an activating group) is 1. The Bertz CT molecular complexity index is 728. The van der Waals surface area contributed by atoms with Crippen LogP contribution in [0.25, 0.3) is 0 Å². The Balaban J connectivity index is 2.08. The van der Waals surface area contributed by atoms with Crippen molar-refractivity contribution in [3.63, 3.8) is 0 Å². The molecule has 2 aromatic rings. The van der Waals surface area contributed by atoms with Gasteiger partial charge in [-0.25, -0.2) is 4.39 Å². The minimum absolute atomic E-state index is 0.140. The van der Waals surface area contributed by atoms with Gasteiger partial charge in [-0.1, -0.05) is 29.8 Å². The van der Waals surface area contributed by atoms with Crippen LogP contribution < -0.4 is 5.32 Å². The van der Waals surface area contributed by atoms with Gasteiger partial charge in [-0.3, -0.25) is 9.69 Å². The van der Waals surface area contributed by atoms with Gasteiger partial charge in [0.2, 0.25) is 5.91 Å². The molecular weight excluding hydrogens is 327 g/mol. The molecule has 1 N–H and O–H groups in total. The summed E-state index contributed by atoms with van der Waals surface area (Å²) in [5.74, 6) is -0.504. The number of benzene rings is 2. The van der Waals surface area contributed by atoms with E-state index < -0.39 is 6.04 Å². The van der Waals surface area contributed by atoms with Crippen LogP contribution in [0.2, 0.25) is 5.02 Å². The van der Waals surface area contributed by atoms with Crippen LogP contribution in [0.3, 0.4) is 0 Å². The molecule has 24 heavy (non-hydrogen) atoms. The van der Waals surface area contributed by atoms with Gasteiger partial charge in [-0.15, -0.1) is 0 Å². The SMILES string of the molecule is Cc1ccc(C)c(NC(=O)C(C)N(C)Cc2c(F)cccc2Cl)c1. The van der Waals surface area contributed by atoms with Crippen molar-refractivity contribution in [1.29, 1.82) is 0 Å². The first-order valence-corrected chi connectivity index (χ1v) is 8.18. The van der Waals surface area contributed by atoms with Crippen LogP contribution in [0.5, 0.6) is 0 Å². The first kappa shape index (κ1) is 18.4. The highest BCUT2D eigenvalue weighted by Gasteiger charge is 2.21. The number of hydrogen-bond acceptors (Lipinski definition) is 2. The van der Waals surface area contributed by atoms with Crippen LogP contribution >= 0.6 is 11.6 Å². The van der Waals surface area contributed by atoms with Crippen molar-refractivity contribution < 1.29 is 9.18 Å². The molecule has 0 aromatic heterocycles. The normalized spacial score (nSPS) is 12.3. The third-order valence-electron chi connectivity index (χ3n) is 4.16. The number of aryl methyl sites for hydroxylation is 2. The zero-order valence-corrected chi connectivity index (χ0v) is 15.1. The lowest BCUT2D eigenvalue weighted by molar-refractivity contribution is -0.120. The van der Waals surface area contributed by atoms with E-state index in [1.807, 2.05) is 32.0 Å². The lowest BCUT2D eigenvalue weighted by Gasteiger charge is -2.25. The average molecular weight is 349 g/mol. The van der Waals surface area contributed by atoms with E-state index in [0.29, 0.717) is 10.6 Å². The van der Waals surface area contributed by atoms with E-state index in [1.165, 1.54) is 6.07 Å². The Morgan fingerprint density at radius 1 is 1.29 bits per heavy atom. The Hall–Kier alpha value is -1.91. The highest BCUT2D eigenvalue weighted by atomic mass is 35.5. The highest BCUT2D eigenvalue weighted by Crippen LogP contribution is 2.22. The summed E-state index contributed by atoms with van der Waals surface area (Å²) in [5, 5.41) is 3.30. The molecule has 0 fully saturated rings. The van der Waals surface area contributed by atoms with Crippen LogP contribution in [0.1, 0.15) is 23.6 Å². The number of nitrogens with zero attached hydrogens (tertiary/aromatic N) is 1. The van der Waals surface area contributed by atoms with Gasteiger partial charge in [0.1, 0.15) is 5.82 Å². The number of carbonyl (C=O) groups excluding carboxylic acids is 1. The third kappa shape index (κ3) is 4.34. The van der Waals surface area contributed by atoms with Crippen molar-refractivity contribution in [2.45, 2.75) is 33.4 Å². The fraction of sp³-hybridized carbons (Fsp3) is 0.316. The van der Waals surface area contributed by atoms with Crippen molar-refractivity contribution in [3.8, 4) is 0 Å². The second-order valence-electron chi connectivity index (χ2n) is 6.10. The summed E-state index contributed by atoms with van der Waals surface area (Å²) in [6.45, 7) is 5.97.